The van der Waals surface area contributed by atoms with Crippen LogP contribution in [0, 0.1) is 0 Å². The second-order valence-corrected chi connectivity index (χ2v) is 15.1. The lowest BCUT2D eigenvalue weighted by molar-refractivity contribution is 0.316. The van der Waals surface area contributed by atoms with Gasteiger partial charge in [-0.1, -0.05) is 67.2 Å². The Kier molecular flexibility index (Phi) is 6.13. The minimum atomic E-state index is -1.93. The number of hydrogen-bond acceptors (Lipinski definition) is 2. The van der Waals surface area contributed by atoms with Crippen LogP contribution in [-0.4, -0.2) is 43.5 Å². The fourth-order valence-corrected chi connectivity index (χ4v) is 13.6. The molecule has 2 N–H and O–H groups in total. The summed E-state index contributed by atoms with van der Waals surface area (Å²) in [6.07, 6.45) is 1.62. The molecule has 0 spiro atoms. The summed E-state index contributed by atoms with van der Waals surface area (Å²) in [6, 6.07) is 21.3. The largest absolute Gasteiger partial charge is 0.396 e. The van der Waals surface area contributed by atoms with Crippen molar-refractivity contribution in [2.75, 3.05) is 25.5 Å². The SMILES string of the molecule is C[Si](c1ccccc1)(c1ccccc1)P(CCO)CCO. The highest BCUT2D eigenvalue weighted by Crippen LogP contribution is 2.45. The van der Waals surface area contributed by atoms with E-state index < -0.39 is 15.2 Å². The fraction of sp³-hybridized carbons (Fsp3) is 0.294. The van der Waals surface area contributed by atoms with E-state index in [0.29, 0.717) is 0 Å². The molecular formula is C17H23O2PSi. The van der Waals surface area contributed by atoms with Crippen molar-refractivity contribution in [2.24, 2.45) is 0 Å². The van der Waals surface area contributed by atoms with Crippen LogP contribution >= 0.6 is 7.47 Å². The van der Waals surface area contributed by atoms with Crippen molar-refractivity contribution in [3.63, 3.8) is 0 Å². The van der Waals surface area contributed by atoms with Gasteiger partial charge in [0, 0.05) is 13.2 Å². The van der Waals surface area contributed by atoms with Gasteiger partial charge in [-0.3, -0.25) is 0 Å². The maximum Gasteiger partial charge on any atom is 0.141 e. The molecule has 0 aromatic heterocycles. The van der Waals surface area contributed by atoms with Crippen LogP contribution in [0.15, 0.2) is 60.7 Å². The lowest BCUT2D eigenvalue weighted by Crippen LogP contribution is -2.55. The van der Waals surface area contributed by atoms with Gasteiger partial charge >= 0.3 is 0 Å². The Morgan fingerprint density at radius 1 is 0.762 bits per heavy atom. The highest BCUT2D eigenvalue weighted by molar-refractivity contribution is 7.99. The van der Waals surface area contributed by atoms with Crippen molar-refractivity contribution in [1.29, 1.82) is 0 Å². The molecule has 0 saturated heterocycles. The Hall–Kier alpha value is -0.993. The minimum absolute atomic E-state index is 0.202. The molecule has 0 fully saturated rings. The van der Waals surface area contributed by atoms with Gasteiger partial charge in [0.05, 0.1) is 0 Å². The van der Waals surface area contributed by atoms with Crippen LogP contribution in [0.5, 0.6) is 0 Å². The van der Waals surface area contributed by atoms with Gasteiger partial charge in [-0.25, -0.2) is 0 Å². The van der Waals surface area contributed by atoms with Gasteiger partial charge in [0.15, 0.2) is 0 Å². The zero-order valence-corrected chi connectivity index (χ0v) is 14.3. The van der Waals surface area contributed by atoms with Crippen molar-refractivity contribution in [3.8, 4) is 0 Å². The molecule has 2 rings (SSSR count). The summed E-state index contributed by atoms with van der Waals surface area (Å²) in [4.78, 5) is 0. The molecule has 0 aliphatic carbocycles. The average molecular weight is 318 g/mol. The standard InChI is InChI=1S/C17H23O2PSi/c1-21(16-8-4-2-5-9-16,17-10-6-3-7-11-17)20(14-12-18)15-13-19/h2-11,18-19H,12-15H2,1H3. The van der Waals surface area contributed by atoms with E-state index in [1.54, 1.807) is 0 Å². The first kappa shape index (κ1) is 16.4. The number of benzene rings is 2. The minimum Gasteiger partial charge on any atom is -0.396 e. The molecule has 21 heavy (non-hydrogen) atoms. The Bertz CT molecular complexity index is 488. The highest BCUT2D eigenvalue weighted by atomic mass is 31.4. The van der Waals surface area contributed by atoms with Crippen LogP contribution in [0.4, 0.5) is 0 Å². The van der Waals surface area contributed by atoms with Gasteiger partial charge in [-0.2, -0.15) is 0 Å². The molecule has 2 aromatic carbocycles. The van der Waals surface area contributed by atoms with Gasteiger partial charge in [-0.15, -0.1) is 7.47 Å². The number of hydrogen-bond donors (Lipinski definition) is 2. The molecular weight excluding hydrogens is 295 g/mol. The number of aliphatic hydroxyl groups excluding tert-OH is 2. The maximum atomic E-state index is 9.48. The van der Waals surface area contributed by atoms with Crippen LogP contribution in [0.25, 0.3) is 0 Å². The molecule has 112 valence electrons. The smallest absolute Gasteiger partial charge is 0.141 e. The fourth-order valence-electron chi connectivity index (χ4n) is 2.86. The zero-order chi connectivity index (χ0) is 15.1. The van der Waals surface area contributed by atoms with E-state index in [0.717, 1.165) is 12.3 Å². The van der Waals surface area contributed by atoms with Gasteiger partial charge in [0.2, 0.25) is 0 Å². The lowest BCUT2D eigenvalue weighted by atomic mass is 10.4. The average Bonchev–Trinajstić information content (AvgIpc) is 2.55. The van der Waals surface area contributed by atoms with Crippen molar-refractivity contribution in [1.82, 2.24) is 0 Å². The molecule has 0 aliphatic rings. The van der Waals surface area contributed by atoms with Gasteiger partial charge in [0.25, 0.3) is 0 Å². The van der Waals surface area contributed by atoms with E-state index in [4.69, 9.17) is 0 Å². The molecule has 4 heteroatoms. The van der Waals surface area contributed by atoms with E-state index in [9.17, 15) is 10.2 Å². The molecule has 2 aromatic rings. The van der Waals surface area contributed by atoms with Crippen LogP contribution in [0.1, 0.15) is 0 Å². The first-order valence-corrected chi connectivity index (χ1v) is 12.4. The molecule has 0 unspecified atom stereocenters. The van der Waals surface area contributed by atoms with Crippen molar-refractivity contribution in [3.05, 3.63) is 60.7 Å². The maximum absolute atomic E-state index is 9.48. The Morgan fingerprint density at radius 3 is 1.48 bits per heavy atom. The van der Waals surface area contributed by atoms with Crippen LogP contribution < -0.4 is 10.4 Å². The van der Waals surface area contributed by atoms with E-state index in [1.807, 2.05) is 12.1 Å². The summed E-state index contributed by atoms with van der Waals surface area (Å²) in [5, 5.41) is 21.7. The molecule has 0 radical (unpaired) electrons. The van der Waals surface area contributed by atoms with Gasteiger partial charge in [0.1, 0.15) is 7.74 Å². The normalized spacial score (nSPS) is 11.8. The van der Waals surface area contributed by atoms with E-state index in [2.05, 4.69) is 55.1 Å². The van der Waals surface area contributed by atoms with E-state index >= 15 is 0 Å². The summed E-state index contributed by atoms with van der Waals surface area (Å²) in [7, 11) is -2.35. The van der Waals surface area contributed by atoms with E-state index in [1.165, 1.54) is 10.4 Å². The van der Waals surface area contributed by atoms with Crippen LogP contribution in [0.2, 0.25) is 6.55 Å². The summed E-state index contributed by atoms with van der Waals surface area (Å²) in [5.74, 6) is 0. The predicted octanol–water partition coefficient (Wildman–Crippen LogP) is 1.84. The third kappa shape index (κ3) is 3.61. The Balaban J connectivity index is 2.53. The first-order chi connectivity index (χ1) is 10.2. The van der Waals surface area contributed by atoms with E-state index in [-0.39, 0.29) is 13.2 Å². The zero-order valence-electron chi connectivity index (χ0n) is 12.4. The van der Waals surface area contributed by atoms with Crippen LogP contribution in [-0.2, 0) is 0 Å². The number of rotatable bonds is 7. The van der Waals surface area contributed by atoms with Gasteiger partial charge < -0.3 is 10.2 Å². The third-order valence-electron chi connectivity index (χ3n) is 4.04. The Labute approximate surface area is 129 Å². The molecule has 0 heterocycles. The lowest BCUT2D eigenvalue weighted by Gasteiger charge is -2.37. The molecule has 0 atom stereocenters. The molecule has 0 amide bonds. The van der Waals surface area contributed by atoms with Crippen molar-refractivity contribution in [2.45, 2.75) is 6.55 Å². The molecule has 2 nitrogen and oxygen atoms in total. The first-order valence-electron chi connectivity index (χ1n) is 7.31. The third-order valence-corrected chi connectivity index (χ3v) is 16.4. The summed E-state index contributed by atoms with van der Waals surface area (Å²) >= 11 is 0. The second-order valence-electron chi connectivity index (χ2n) is 5.24. The topological polar surface area (TPSA) is 40.5 Å². The Morgan fingerprint density at radius 2 is 1.14 bits per heavy atom. The molecule has 0 aliphatic heterocycles. The second kappa shape index (κ2) is 7.86. The van der Waals surface area contributed by atoms with Crippen LogP contribution in [0.3, 0.4) is 0 Å². The molecule has 0 bridgehead atoms. The summed E-state index contributed by atoms with van der Waals surface area (Å²) in [6.45, 7) is 2.79. The van der Waals surface area contributed by atoms with Crippen molar-refractivity contribution >= 4 is 25.6 Å². The molecule has 0 saturated carbocycles. The van der Waals surface area contributed by atoms with Gasteiger partial charge in [-0.05, 0) is 22.7 Å². The predicted molar refractivity (Wildman–Crippen MR) is 94.6 cm³/mol. The quantitative estimate of drug-likeness (QED) is 0.604. The number of aliphatic hydroxyl groups is 2. The monoisotopic (exact) mass is 318 g/mol. The highest BCUT2D eigenvalue weighted by Gasteiger charge is 2.38. The van der Waals surface area contributed by atoms with Crippen molar-refractivity contribution < 1.29 is 10.2 Å². The summed E-state index contributed by atoms with van der Waals surface area (Å²) < 4.78 is 0. The summed E-state index contributed by atoms with van der Waals surface area (Å²) in [5.41, 5.74) is 0.